The van der Waals surface area contributed by atoms with E-state index in [4.69, 9.17) is 18.9 Å². The Kier molecular flexibility index (Phi) is 11.9. The molecule has 0 radical (unpaired) electrons. The van der Waals surface area contributed by atoms with E-state index in [0.717, 1.165) is 18.4 Å². The Labute approximate surface area is 307 Å². The zero-order valence-corrected chi connectivity index (χ0v) is 32.2. The third-order valence-corrected chi connectivity index (χ3v) is 14.4. The van der Waals surface area contributed by atoms with Crippen LogP contribution in [0, 0.1) is 45.3 Å². The van der Waals surface area contributed by atoms with E-state index >= 15 is 0 Å². The van der Waals surface area contributed by atoms with Gasteiger partial charge >= 0.3 is 11.9 Å². The number of rotatable bonds is 11. The Balaban J connectivity index is 1.50. The standard InChI is InChI=1S/C40H62O12/c1-21(2)15-25(44)16-24(19-49-22(3)42)26-11-14-39(7)27-9-10-30-37(5,28(27)17-32(40(26,39)8)51-23(4)43)13-12-31(45)38(30,6)20-50-36-35(48)34(47)33(46)29(18-41)52-36/h9,15,24-26,28-30,32-36,41,44,46-48H,10-14,16-20H2,1-8H3/t24-,25-,26-,28+,29+,30+,32+,33+,34-,35+,36+,37+,38+,39+,40+/m0/s1. The van der Waals surface area contributed by atoms with Crippen LogP contribution in [0.15, 0.2) is 23.3 Å². The lowest BCUT2D eigenvalue weighted by Gasteiger charge is -2.65. The number of aliphatic hydroxyl groups is 5. The van der Waals surface area contributed by atoms with Gasteiger partial charge in [-0.15, -0.1) is 0 Å². The van der Waals surface area contributed by atoms with Crippen molar-refractivity contribution in [2.45, 2.75) is 143 Å². The van der Waals surface area contributed by atoms with Crippen LogP contribution < -0.4 is 0 Å². The molecule has 52 heavy (non-hydrogen) atoms. The van der Waals surface area contributed by atoms with E-state index in [0.29, 0.717) is 32.1 Å². The molecule has 1 heterocycles. The minimum absolute atomic E-state index is 0.0182. The SMILES string of the molecule is CC(=O)OC[C@H](C[C@@H](O)C=C(C)C)[C@@H]1CC[C@]2(C)C3=CC[C@@H]4[C@](C)(CCC(=O)[C@]4(C)CO[C@@H]4O[C@H](CO)[C@@H](O)[C@H](O)[C@H]4O)[C@@H]3C[C@@H](OC(C)=O)[C@@]12C. The molecule has 1 saturated heterocycles. The third kappa shape index (κ3) is 6.95. The van der Waals surface area contributed by atoms with Crippen molar-refractivity contribution in [2.75, 3.05) is 19.8 Å². The van der Waals surface area contributed by atoms with Gasteiger partial charge in [0.2, 0.25) is 0 Å². The monoisotopic (exact) mass is 734 g/mol. The summed E-state index contributed by atoms with van der Waals surface area (Å²) < 4.78 is 23.6. The van der Waals surface area contributed by atoms with Crippen LogP contribution in [0.5, 0.6) is 0 Å². The predicted octanol–water partition coefficient (Wildman–Crippen LogP) is 3.40. The molecule has 0 aromatic carbocycles. The number of esters is 2. The zero-order valence-electron chi connectivity index (χ0n) is 32.2. The summed E-state index contributed by atoms with van der Waals surface area (Å²) in [4.78, 5) is 38.8. The molecule has 1 aliphatic heterocycles. The molecule has 12 heteroatoms. The molecule has 4 fully saturated rings. The molecule has 0 spiro atoms. The summed E-state index contributed by atoms with van der Waals surface area (Å²) in [6, 6.07) is 0. The second-order valence-electron chi connectivity index (χ2n) is 17.6. The third-order valence-electron chi connectivity index (χ3n) is 14.4. The first-order valence-electron chi connectivity index (χ1n) is 19.0. The van der Waals surface area contributed by atoms with Crippen molar-refractivity contribution >= 4 is 17.7 Å². The molecule has 12 nitrogen and oxygen atoms in total. The van der Waals surface area contributed by atoms with E-state index in [1.807, 2.05) is 26.8 Å². The van der Waals surface area contributed by atoms with Crippen LogP contribution in [0.2, 0.25) is 0 Å². The maximum absolute atomic E-state index is 13.9. The Morgan fingerprint density at radius 2 is 1.71 bits per heavy atom. The summed E-state index contributed by atoms with van der Waals surface area (Å²) in [6.07, 6.45) is -0.113. The number of carbonyl (C=O) groups is 3. The summed E-state index contributed by atoms with van der Waals surface area (Å²) in [5.41, 5.74) is -0.00707. The Morgan fingerprint density at radius 1 is 1.02 bits per heavy atom. The average molecular weight is 735 g/mol. The molecule has 15 atom stereocenters. The van der Waals surface area contributed by atoms with Crippen molar-refractivity contribution < 1.29 is 58.9 Å². The molecule has 4 aliphatic carbocycles. The minimum Gasteiger partial charge on any atom is -0.466 e. The van der Waals surface area contributed by atoms with E-state index in [-0.39, 0.29) is 60.0 Å². The fourth-order valence-corrected chi connectivity index (χ4v) is 11.5. The van der Waals surface area contributed by atoms with Gasteiger partial charge in [-0.1, -0.05) is 51.0 Å². The number of allylic oxidation sites excluding steroid dienone is 3. The highest BCUT2D eigenvalue weighted by Gasteiger charge is 2.70. The first kappa shape index (κ1) is 41.0. The molecule has 0 bridgehead atoms. The van der Waals surface area contributed by atoms with Gasteiger partial charge in [0.15, 0.2) is 6.29 Å². The van der Waals surface area contributed by atoms with Crippen LogP contribution in [0.25, 0.3) is 0 Å². The number of hydrogen-bond acceptors (Lipinski definition) is 12. The Bertz CT molecular complexity index is 1420. The van der Waals surface area contributed by atoms with Gasteiger partial charge in [-0.05, 0) is 86.9 Å². The van der Waals surface area contributed by atoms with Crippen LogP contribution >= 0.6 is 0 Å². The summed E-state index contributed by atoms with van der Waals surface area (Å²) in [5, 5.41) is 52.0. The minimum atomic E-state index is -1.59. The van der Waals surface area contributed by atoms with Gasteiger partial charge in [0, 0.05) is 25.7 Å². The van der Waals surface area contributed by atoms with Gasteiger partial charge in [0.1, 0.15) is 36.3 Å². The average Bonchev–Trinajstić information content (AvgIpc) is 3.35. The van der Waals surface area contributed by atoms with Crippen molar-refractivity contribution in [3.05, 3.63) is 23.3 Å². The van der Waals surface area contributed by atoms with Gasteiger partial charge in [0.05, 0.1) is 31.3 Å². The number of Topliss-reactive ketones (excluding diaryl/α,β-unsaturated/α-hetero) is 1. The number of ketones is 1. The normalized spacial score (nSPS) is 44.0. The lowest BCUT2D eigenvalue weighted by molar-refractivity contribution is -0.307. The molecule has 5 rings (SSSR count). The topological polar surface area (TPSA) is 189 Å². The van der Waals surface area contributed by atoms with E-state index in [2.05, 4.69) is 26.8 Å². The summed E-state index contributed by atoms with van der Waals surface area (Å²) in [6.45, 7) is 14.8. The zero-order chi connectivity index (χ0) is 38.6. The van der Waals surface area contributed by atoms with Crippen molar-refractivity contribution in [1.29, 1.82) is 0 Å². The van der Waals surface area contributed by atoms with Crippen LogP contribution in [0.1, 0.15) is 100 Å². The van der Waals surface area contributed by atoms with Gasteiger partial charge in [0.25, 0.3) is 0 Å². The quantitative estimate of drug-likeness (QED) is 0.154. The molecule has 0 aromatic heterocycles. The lowest BCUT2D eigenvalue weighted by atomic mass is 9.40. The molecule has 294 valence electrons. The highest BCUT2D eigenvalue weighted by molar-refractivity contribution is 5.86. The predicted molar refractivity (Wildman–Crippen MR) is 189 cm³/mol. The number of hydrogen-bond donors (Lipinski definition) is 5. The molecular formula is C40H62O12. The second-order valence-corrected chi connectivity index (χ2v) is 17.6. The van der Waals surface area contributed by atoms with Gasteiger partial charge in [-0.25, -0.2) is 0 Å². The van der Waals surface area contributed by atoms with Crippen LogP contribution in [0.4, 0.5) is 0 Å². The van der Waals surface area contributed by atoms with E-state index in [9.17, 15) is 39.9 Å². The second kappa shape index (κ2) is 15.2. The van der Waals surface area contributed by atoms with Crippen LogP contribution in [-0.4, -0.2) is 106 Å². The molecule has 3 saturated carbocycles. The van der Waals surface area contributed by atoms with Crippen LogP contribution in [0.3, 0.4) is 0 Å². The lowest BCUT2D eigenvalue weighted by Crippen LogP contribution is -2.63. The fraction of sp³-hybridized carbons (Fsp3) is 0.825. The maximum Gasteiger partial charge on any atom is 0.302 e. The molecule has 0 unspecified atom stereocenters. The summed E-state index contributed by atoms with van der Waals surface area (Å²) >= 11 is 0. The molecule has 0 amide bonds. The Hall–Kier alpha value is -2.19. The van der Waals surface area contributed by atoms with E-state index in [1.165, 1.54) is 19.4 Å². The first-order valence-corrected chi connectivity index (χ1v) is 19.0. The summed E-state index contributed by atoms with van der Waals surface area (Å²) in [5.74, 6) is -1.12. The molecule has 5 N–H and O–H groups in total. The highest BCUT2D eigenvalue weighted by Crippen LogP contribution is 2.73. The first-order chi connectivity index (χ1) is 24.2. The van der Waals surface area contributed by atoms with Crippen LogP contribution in [-0.2, 0) is 33.3 Å². The largest absolute Gasteiger partial charge is 0.466 e. The smallest absolute Gasteiger partial charge is 0.302 e. The number of ether oxygens (including phenoxy) is 4. The van der Waals surface area contributed by atoms with E-state index < -0.39 is 65.8 Å². The number of fused-ring (bicyclic) bond motifs is 5. The molecule has 0 aromatic rings. The van der Waals surface area contributed by atoms with E-state index in [1.54, 1.807) is 0 Å². The highest BCUT2D eigenvalue weighted by atomic mass is 16.7. The number of carbonyl (C=O) groups excluding carboxylic acids is 3. The maximum atomic E-state index is 13.9. The van der Waals surface area contributed by atoms with Gasteiger partial charge in [-0.3, -0.25) is 14.4 Å². The summed E-state index contributed by atoms with van der Waals surface area (Å²) in [7, 11) is 0. The van der Waals surface area contributed by atoms with Crippen molar-refractivity contribution in [1.82, 2.24) is 0 Å². The number of aliphatic hydroxyl groups excluding tert-OH is 5. The Morgan fingerprint density at radius 3 is 2.33 bits per heavy atom. The molecule has 5 aliphatic rings. The van der Waals surface area contributed by atoms with Crippen molar-refractivity contribution in [2.24, 2.45) is 45.3 Å². The fourth-order valence-electron chi connectivity index (χ4n) is 11.5. The van der Waals surface area contributed by atoms with Gasteiger partial charge in [-0.2, -0.15) is 0 Å². The van der Waals surface area contributed by atoms with Crippen molar-refractivity contribution in [3.8, 4) is 0 Å². The van der Waals surface area contributed by atoms with Gasteiger partial charge < -0.3 is 44.5 Å². The van der Waals surface area contributed by atoms with Crippen molar-refractivity contribution in [3.63, 3.8) is 0 Å². The molecular weight excluding hydrogens is 672 g/mol.